The Balaban J connectivity index is 2.10. The first-order valence-corrected chi connectivity index (χ1v) is 23.4. The molecular weight excluding hydrogens is 695 g/mol. The van der Waals surface area contributed by atoms with Crippen LogP contribution in [0.4, 0.5) is 0 Å². The van der Waals surface area contributed by atoms with Gasteiger partial charge in [0.2, 0.25) is 5.91 Å². The second kappa shape index (κ2) is 37.2. The van der Waals surface area contributed by atoms with E-state index in [4.69, 9.17) is 9.47 Å². The molecule has 7 atom stereocenters. The Kier molecular flexibility index (Phi) is 35.2. The number of hydrogen-bond donors (Lipinski definition) is 6. The summed E-state index contributed by atoms with van der Waals surface area (Å²) < 4.78 is 11.1. The van der Waals surface area contributed by atoms with E-state index >= 15 is 0 Å². The molecule has 0 saturated carbocycles. The van der Waals surface area contributed by atoms with Crippen LogP contribution in [-0.4, -0.2) is 87.5 Å². The van der Waals surface area contributed by atoms with Crippen molar-refractivity contribution in [2.24, 2.45) is 0 Å². The van der Waals surface area contributed by atoms with Gasteiger partial charge >= 0.3 is 0 Å². The molecule has 0 aromatic rings. The van der Waals surface area contributed by atoms with Gasteiger partial charge in [-0.2, -0.15) is 0 Å². The molecule has 326 valence electrons. The van der Waals surface area contributed by atoms with Crippen molar-refractivity contribution in [1.29, 1.82) is 0 Å². The van der Waals surface area contributed by atoms with Crippen LogP contribution >= 0.6 is 0 Å². The van der Waals surface area contributed by atoms with Crippen LogP contribution in [0.1, 0.15) is 219 Å². The molecule has 55 heavy (non-hydrogen) atoms. The predicted octanol–water partition coefficient (Wildman–Crippen LogP) is 9.73. The lowest BCUT2D eigenvalue weighted by atomic mass is 9.99. The SMILES string of the molecule is CCCCCC/C=C/C(O)C(COC1OC(CO)C(O)C(O)C1O)NC(=O)CCCCCCCCCCCCCCCCCCCCCCCCCCCC. The van der Waals surface area contributed by atoms with Crippen molar-refractivity contribution in [3.8, 4) is 0 Å². The van der Waals surface area contributed by atoms with Crippen molar-refractivity contribution in [3.05, 3.63) is 12.2 Å². The zero-order chi connectivity index (χ0) is 40.2. The van der Waals surface area contributed by atoms with Gasteiger partial charge in [0.25, 0.3) is 0 Å². The van der Waals surface area contributed by atoms with Crippen molar-refractivity contribution >= 4 is 5.91 Å². The van der Waals surface area contributed by atoms with Gasteiger partial charge < -0.3 is 40.3 Å². The number of carbonyl (C=O) groups is 1. The summed E-state index contributed by atoms with van der Waals surface area (Å²) >= 11 is 0. The lowest BCUT2D eigenvalue weighted by molar-refractivity contribution is -0.302. The quantitative estimate of drug-likeness (QED) is 0.0267. The number of amides is 1. The van der Waals surface area contributed by atoms with Crippen LogP contribution in [-0.2, 0) is 14.3 Å². The number of rotatable bonds is 39. The Hall–Kier alpha value is -1.07. The summed E-state index contributed by atoms with van der Waals surface area (Å²) in [6.07, 6.45) is 36.0. The number of ether oxygens (including phenoxy) is 2. The standard InChI is InChI=1S/C46H89NO8/c1-3-5-7-9-11-12-13-14-15-16-17-18-19-20-21-22-23-24-25-26-27-28-29-30-32-34-36-42(50)47-39(40(49)35-33-31-10-8-6-4-2)38-54-46-45(53)44(52)43(51)41(37-48)55-46/h33,35,39-41,43-46,48-49,51-53H,3-32,34,36-38H2,1-2H3,(H,47,50)/b35-33+. The minimum absolute atomic E-state index is 0.179. The van der Waals surface area contributed by atoms with E-state index < -0.39 is 49.5 Å². The van der Waals surface area contributed by atoms with E-state index in [2.05, 4.69) is 19.2 Å². The number of unbranched alkanes of at least 4 members (excludes halogenated alkanes) is 29. The van der Waals surface area contributed by atoms with Gasteiger partial charge in [0.05, 0.1) is 25.4 Å². The Morgan fingerprint density at radius 2 is 1.00 bits per heavy atom. The fourth-order valence-corrected chi connectivity index (χ4v) is 7.57. The number of hydrogen-bond acceptors (Lipinski definition) is 8. The van der Waals surface area contributed by atoms with Crippen LogP contribution in [0.25, 0.3) is 0 Å². The molecule has 0 aliphatic carbocycles. The summed E-state index contributed by atoms with van der Waals surface area (Å²) in [4.78, 5) is 12.9. The highest BCUT2D eigenvalue weighted by Gasteiger charge is 2.44. The monoisotopic (exact) mass is 784 g/mol. The smallest absolute Gasteiger partial charge is 0.220 e. The molecule has 0 aromatic heterocycles. The molecule has 0 radical (unpaired) electrons. The summed E-state index contributed by atoms with van der Waals surface area (Å²) in [5.74, 6) is -0.179. The first kappa shape index (κ1) is 51.9. The minimum atomic E-state index is -1.56. The van der Waals surface area contributed by atoms with Gasteiger partial charge in [-0.1, -0.05) is 206 Å². The van der Waals surface area contributed by atoms with Crippen LogP contribution in [0.3, 0.4) is 0 Å². The largest absolute Gasteiger partial charge is 0.394 e. The molecule has 1 heterocycles. The predicted molar refractivity (Wildman–Crippen MR) is 226 cm³/mol. The van der Waals surface area contributed by atoms with Crippen LogP contribution < -0.4 is 5.32 Å². The average Bonchev–Trinajstić information content (AvgIpc) is 3.18. The molecule has 0 aromatic carbocycles. The molecule has 7 unspecified atom stereocenters. The number of aliphatic hydroxyl groups excluding tert-OH is 5. The van der Waals surface area contributed by atoms with Crippen molar-refractivity contribution in [2.45, 2.75) is 262 Å². The molecule has 0 spiro atoms. The minimum Gasteiger partial charge on any atom is -0.394 e. The van der Waals surface area contributed by atoms with Crippen molar-refractivity contribution < 1.29 is 39.8 Å². The highest BCUT2D eigenvalue weighted by Crippen LogP contribution is 2.23. The Morgan fingerprint density at radius 1 is 0.600 bits per heavy atom. The first-order valence-electron chi connectivity index (χ1n) is 23.4. The molecule has 0 bridgehead atoms. The lowest BCUT2D eigenvalue weighted by Crippen LogP contribution is -2.60. The molecule has 1 aliphatic heterocycles. The topological polar surface area (TPSA) is 149 Å². The molecule has 1 fully saturated rings. The van der Waals surface area contributed by atoms with Gasteiger partial charge in [0.1, 0.15) is 24.4 Å². The van der Waals surface area contributed by atoms with Gasteiger partial charge in [-0.05, 0) is 19.3 Å². The summed E-state index contributed by atoms with van der Waals surface area (Å²) in [7, 11) is 0. The maximum Gasteiger partial charge on any atom is 0.220 e. The summed E-state index contributed by atoms with van der Waals surface area (Å²) in [5, 5.41) is 53.8. The summed E-state index contributed by atoms with van der Waals surface area (Å²) in [5.41, 5.74) is 0. The number of nitrogens with one attached hydrogen (secondary N) is 1. The summed E-state index contributed by atoms with van der Waals surface area (Å²) in [6.45, 7) is 3.70. The molecule has 9 nitrogen and oxygen atoms in total. The van der Waals surface area contributed by atoms with E-state index in [9.17, 15) is 30.3 Å². The van der Waals surface area contributed by atoms with Gasteiger partial charge in [0.15, 0.2) is 6.29 Å². The maximum absolute atomic E-state index is 12.9. The van der Waals surface area contributed by atoms with E-state index in [0.29, 0.717) is 6.42 Å². The third-order valence-corrected chi connectivity index (χ3v) is 11.4. The fourth-order valence-electron chi connectivity index (χ4n) is 7.57. The van der Waals surface area contributed by atoms with Gasteiger partial charge in [0, 0.05) is 6.42 Å². The molecule has 1 rings (SSSR count). The molecule has 1 aliphatic rings. The highest BCUT2D eigenvalue weighted by atomic mass is 16.7. The maximum atomic E-state index is 12.9. The van der Waals surface area contributed by atoms with E-state index in [1.807, 2.05) is 6.08 Å². The number of aliphatic hydroxyl groups is 5. The number of carbonyl (C=O) groups excluding carboxylic acids is 1. The second-order valence-corrected chi connectivity index (χ2v) is 16.6. The third kappa shape index (κ3) is 28.1. The zero-order valence-electron chi connectivity index (χ0n) is 35.7. The normalized spacial score (nSPS) is 21.3. The lowest BCUT2D eigenvalue weighted by Gasteiger charge is -2.40. The van der Waals surface area contributed by atoms with Gasteiger partial charge in [-0.3, -0.25) is 4.79 Å². The molecule has 1 amide bonds. The third-order valence-electron chi connectivity index (χ3n) is 11.4. The molecular formula is C46H89NO8. The van der Waals surface area contributed by atoms with Crippen molar-refractivity contribution in [1.82, 2.24) is 5.32 Å². The van der Waals surface area contributed by atoms with Crippen LogP contribution in [0.15, 0.2) is 12.2 Å². The fraction of sp³-hybridized carbons (Fsp3) is 0.935. The van der Waals surface area contributed by atoms with Crippen molar-refractivity contribution in [2.75, 3.05) is 13.2 Å². The van der Waals surface area contributed by atoms with Crippen molar-refractivity contribution in [3.63, 3.8) is 0 Å². The van der Waals surface area contributed by atoms with Gasteiger partial charge in [-0.15, -0.1) is 0 Å². The summed E-state index contributed by atoms with van der Waals surface area (Å²) in [6, 6.07) is -0.796. The van der Waals surface area contributed by atoms with Crippen LogP contribution in [0, 0.1) is 0 Å². The van der Waals surface area contributed by atoms with Gasteiger partial charge in [-0.25, -0.2) is 0 Å². The average molecular weight is 784 g/mol. The Morgan fingerprint density at radius 3 is 1.42 bits per heavy atom. The number of allylic oxidation sites excluding steroid dienone is 1. The van der Waals surface area contributed by atoms with E-state index in [1.165, 1.54) is 154 Å². The van der Waals surface area contributed by atoms with Crippen LogP contribution in [0.5, 0.6) is 0 Å². The Bertz CT molecular complexity index is 873. The molecule has 1 saturated heterocycles. The van der Waals surface area contributed by atoms with Crippen LogP contribution in [0.2, 0.25) is 0 Å². The first-order chi connectivity index (χ1) is 26.8. The second-order valence-electron chi connectivity index (χ2n) is 16.6. The zero-order valence-corrected chi connectivity index (χ0v) is 35.7. The Labute approximate surface area is 337 Å². The van der Waals surface area contributed by atoms with E-state index in [0.717, 1.165) is 44.9 Å². The molecule has 9 heteroatoms. The van der Waals surface area contributed by atoms with E-state index in [1.54, 1.807) is 6.08 Å². The molecule has 6 N–H and O–H groups in total. The highest BCUT2D eigenvalue weighted by molar-refractivity contribution is 5.76. The van der Waals surface area contributed by atoms with E-state index in [-0.39, 0.29) is 12.5 Å².